The molecule has 0 bridgehead atoms. The Kier molecular flexibility index (Phi) is 9.70. The van der Waals surface area contributed by atoms with E-state index in [2.05, 4.69) is 25.7 Å². The Morgan fingerprint density at radius 3 is 2.23 bits per heavy atom. The van der Waals surface area contributed by atoms with E-state index in [1.165, 1.54) is 24.3 Å². The van der Waals surface area contributed by atoms with E-state index in [9.17, 15) is 18.7 Å². The van der Waals surface area contributed by atoms with Gasteiger partial charge in [-0.1, -0.05) is 24.3 Å². The minimum atomic E-state index is -2.89. The molecule has 0 spiro atoms. The summed E-state index contributed by atoms with van der Waals surface area (Å²) in [6, 6.07) is 13.0. The van der Waals surface area contributed by atoms with E-state index in [4.69, 9.17) is 0 Å². The van der Waals surface area contributed by atoms with Crippen molar-refractivity contribution >= 4 is 11.9 Å². The van der Waals surface area contributed by atoms with Gasteiger partial charge in [-0.2, -0.15) is 8.78 Å². The fourth-order valence-corrected chi connectivity index (χ4v) is 2.72. The fourth-order valence-electron chi connectivity index (χ4n) is 2.72. The predicted octanol–water partition coefficient (Wildman–Crippen LogP) is 2.83. The van der Waals surface area contributed by atoms with Gasteiger partial charge in [0.25, 0.3) is 5.91 Å². The van der Waals surface area contributed by atoms with Gasteiger partial charge in [-0.3, -0.25) is 4.79 Å². The molecule has 2 rings (SSSR count). The molecule has 0 aliphatic heterocycles. The molecule has 0 fully saturated rings. The number of guanidine groups is 1. The largest absolute Gasteiger partial charge is 0.435 e. The lowest BCUT2D eigenvalue weighted by molar-refractivity contribution is -0.0498. The minimum absolute atomic E-state index is 0.0343. The molecule has 0 heterocycles. The second-order valence-corrected chi connectivity index (χ2v) is 6.60. The van der Waals surface area contributed by atoms with Crippen LogP contribution < -0.4 is 20.7 Å². The molecule has 31 heavy (non-hydrogen) atoms. The Bertz CT molecular complexity index is 843. The molecule has 2 aromatic rings. The first-order valence-corrected chi connectivity index (χ1v) is 10.0. The molecule has 1 unspecified atom stereocenters. The number of ether oxygens (including phenoxy) is 1. The van der Waals surface area contributed by atoms with Crippen LogP contribution in [0.3, 0.4) is 0 Å². The number of amides is 1. The zero-order valence-electron chi connectivity index (χ0n) is 17.6. The van der Waals surface area contributed by atoms with Gasteiger partial charge < -0.3 is 25.8 Å². The zero-order valence-corrected chi connectivity index (χ0v) is 17.6. The number of carbonyl (C=O) groups is 1. The van der Waals surface area contributed by atoms with Crippen LogP contribution in [0.15, 0.2) is 53.5 Å². The number of benzene rings is 2. The van der Waals surface area contributed by atoms with Gasteiger partial charge in [0.1, 0.15) is 5.75 Å². The lowest BCUT2D eigenvalue weighted by Crippen LogP contribution is -2.39. The third kappa shape index (κ3) is 8.21. The van der Waals surface area contributed by atoms with Gasteiger partial charge >= 0.3 is 6.61 Å². The van der Waals surface area contributed by atoms with Crippen molar-refractivity contribution < 1.29 is 23.4 Å². The van der Waals surface area contributed by atoms with Crippen molar-refractivity contribution in [3.05, 3.63) is 65.2 Å². The first-order valence-electron chi connectivity index (χ1n) is 10.0. The van der Waals surface area contributed by atoms with E-state index in [0.29, 0.717) is 36.7 Å². The predicted molar refractivity (Wildman–Crippen MR) is 115 cm³/mol. The molecule has 0 saturated carbocycles. The molecule has 0 aliphatic carbocycles. The molecule has 9 heteroatoms. The van der Waals surface area contributed by atoms with Gasteiger partial charge in [0.05, 0.1) is 12.6 Å². The number of alkyl halides is 2. The Morgan fingerprint density at radius 1 is 1.00 bits per heavy atom. The molecule has 1 atom stereocenters. The van der Waals surface area contributed by atoms with Crippen molar-refractivity contribution in [2.24, 2.45) is 4.99 Å². The number of aliphatic hydroxyl groups excluding tert-OH is 1. The summed E-state index contributed by atoms with van der Waals surface area (Å²) in [4.78, 5) is 16.3. The second kappa shape index (κ2) is 12.5. The minimum Gasteiger partial charge on any atom is -0.435 e. The van der Waals surface area contributed by atoms with E-state index in [-0.39, 0.29) is 18.2 Å². The van der Waals surface area contributed by atoms with Gasteiger partial charge in [0.15, 0.2) is 5.96 Å². The average molecular weight is 434 g/mol. The van der Waals surface area contributed by atoms with Gasteiger partial charge in [-0.05, 0) is 49.2 Å². The standard InChI is InChI=1S/C22H28F2N4O3/c1-3-25-20(30)17-7-5-15(6-8-17)13-27-22(26-4-2)28-14-19(29)16-9-11-18(12-10-16)31-21(23)24/h5-12,19,21,29H,3-4,13-14H2,1-2H3,(H,25,30)(H2,26,27,28). The number of aliphatic hydroxyl groups is 1. The highest BCUT2D eigenvalue weighted by Gasteiger charge is 2.10. The summed E-state index contributed by atoms with van der Waals surface area (Å²) < 4.78 is 28.8. The molecule has 1 amide bonds. The second-order valence-electron chi connectivity index (χ2n) is 6.60. The highest BCUT2D eigenvalue weighted by Crippen LogP contribution is 2.19. The van der Waals surface area contributed by atoms with Crippen molar-refractivity contribution in [2.75, 3.05) is 19.6 Å². The Hall–Kier alpha value is -3.20. The summed E-state index contributed by atoms with van der Waals surface area (Å²) in [6.07, 6.45) is -0.860. The third-order valence-electron chi connectivity index (χ3n) is 4.27. The molecule has 4 N–H and O–H groups in total. The summed E-state index contributed by atoms with van der Waals surface area (Å²) in [5, 5.41) is 19.3. The van der Waals surface area contributed by atoms with Crippen molar-refractivity contribution in [3.63, 3.8) is 0 Å². The van der Waals surface area contributed by atoms with E-state index in [1.807, 2.05) is 26.0 Å². The highest BCUT2D eigenvalue weighted by atomic mass is 19.3. The smallest absolute Gasteiger partial charge is 0.387 e. The van der Waals surface area contributed by atoms with Crippen molar-refractivity contribution in [1.29, 1.82) is 0 Å². The lowest BCUT2D eigenvalue weighted by Gasteiger charge is -2.16. The number of carbonyl (C=O) groups excluding carboxylic acids is 1. The summed E-state index contributed by atoms with van der Waals surface area (Å²) in [7, 11) is 0. The average Bonchev–Trinajstić information content (AvgIpc) is 2.76. The molecule has 168 valence electrons. The molecule has 2 aromatic carbocycles. The number of halogens is 2. The first-order chi connectivity index (χ1) is 14.9. The Balaban J connectivity index is 1.92. The monoisotopic (exact) mass is 434 g/mol. The van der Waals surface area contributed by atoms with Crippen LogP contribution in [0, 0.1) is 0 Å². The Morgan fingerprint density at radius 2 is 1.65 bits per heavy atom. The van der Waals surface area contributed by atoms with Crippen molar-refractivity contribution in [3.8, 4) is 5.75 Å². The van der Waals surface area contributed by atoms with Crippen LogP contribution in [-0.4, -0.2) is 43.2 Å². The quantitative estimate of drug-likeness (QED) is 0.341. The van der Waals surface area contributed by atoms with Crippen LogP contribution >= 0.6 is 0 Å². The first kappa shape index (κ1) is 24.1. The van der Waals surface area contributed by atoms with Crippen LogP contribution in [0.1, 0.15) is 41.4 Å². The molecule has 0 saturated heterocycles. The van der Waals surface area contributed by atoms with Gasteiger partial charge in [-0.25, -0.2) is 4.99 Å². The van der Waals surface area contributed by atoms with Crippen molar-refractivity contribution in [2.45, 2.75) is 33.1 Å². The topological polar surface area (TPSA) is 95.0 Å². The summed E-state index contributed by atoms with van der Waals surface area (Å²) >= 11 is 0. The van der Waals surface area contributed by atoms with E-state index < -0.39 is 12.7 Å². The van der Waals surface area contributed by atoms with E-state index in [1.54, 1.807) is 12.1 Å². The molecular formula is C22H28F2N4O3. The lowest BCUT2D eigenvalue weighted by atomic mass is 10.1. The maximum Gasteiger partial charge on any atom is 0.387 e. The number of aliphatic imine (C=N–C) groups is 1. The third-order valence-corrected chi connectivity index (χ3v) is 4.27. The van der Waals surface area contributed by atoms with E-state index in [0.717, 1.165) is 5.56 Å². The summed E-state index contributed by atoms with van der Waals surface area (Å²) in [6.45, 7) is 2.68. The SMILES string of the molecule is CCNC(=O)c1ccc(CN=C(NCC)NCC(O)c2ccc(OC(F)F)cc2)cc1. The fraction of sp³-hybridized carbons (Fsp3) is 0.364. The number of hydrogen-bond donors (Lipinski definition) is 4. The van der Waals surface area contributed by atoms with Crippen LogP contribution in [0.4, 0.5) is 8.78 Å². The normalized spacial score (nSPS) is 12.4. The van der Waals surface area contributed by atoms with Crippen LogP contribution in [0.25, 0.3) is 0 Å². The molecular weight excluding hydrogens is 406 g/mol. The summed E-state index contributed by atoms with van der Waals surface area (Å²) in [5.41, 5.74) is 2.08. The molecule has 0 aliphatic rings. The van der Waals surface area contributed by atoms with Gasteiger partial charge in [0, 0.05) is 25.2 Å². The summed E-state index contributed by atoms with van der Waals surface area (Å²) in [5.74, 6) is 0.439. The molecule has 0 aromatic heterocycles. The number of nitrogens with one attached hydrogen (secondary N) is 3. The van der Waals surface area contributed by atoms with Gasteiger partial charge in [-0.15, -0.1) is 0 Å². The van der Waals surface area contributed by atoms with Crippen LogP contribution in [0.5, 0.6) is 5.75 Å². The number of nitrogens with zero attached hydrogens (tertiary/aromatic N) is 1. The number of hydrogen-bond acceptors (Lipinski definition) is 4. The molecule has 0 radical (unpaired) electrons. The zero-order chi connectivity index (χ0) is 22.6. The highest BCUT2D eigenvalue weighted by molar-refractivity contribution is 5.94. The maximum absolute atomic E-state index is 12.2. The molecule has 7 nitrogen and oxygen atoms in total. The number of rotatable bonds is 10. The van der Waals surface area contributed by atoms with Gasteiger partial charge in [0.2, 0.25) is 0 Å². The van der Waals surface area contributed by atoms with Crippen molar-refractivity contribution in [1.82, 2.24) is 16.0 Å². The van der Waals surface area contributed by atoms with Crippen LogP contribution in [0.2, 0.25) is 0 Å². The van der Waals surface area contributed by atoms with E-state index >= 15 is 0 Å². The van der Waals surface area contributed by atoms with Crippen LogP contribution in [-0.2, 0) is 6.54 Å². The maximum atomic E-state index is 12.2. The Labute approximate surface area is 180 Å².